The van der Waals surface area contributed by atoms with E-state index in [1.807, 2.05) is 0 Å². The molecule has 1 N–H and O–H groups in total. The fraction of sp³-hybridized carbons (Fsp3) is 0.538. The number of hydrogen-bond donors (Lipinski definition) is 1. The van der Waals surface area contributed by atoms with Crippen LogP contribution in [-0.4, -0.2) is 17.9 Å². The molecule has 0 heterocycles. The number of aliphatic hydroxyl groups excluding tert-OH is 1. The maximum Gasteiger partial charge on any atom is 0.389 e. The lowest BCUT2D eigenvalue weighted by Crippen LogP contribution is -2.10. The van der Waals surface area contributed by atoms with Gasteiger partial charge in [0.15, 0.2) is 0 Å². The molecule has 1 aromatic rings. The molecule has 1 unspecified atom stereocenters. The number of hydrogen-bond acceptors (Lipinski definition) is 2. The highest BCUT2D eigenvalue weighted by atomic mass is 19.4. The second-order valence-electron chi connectivity index (χ2n) is 4.27. The Morgan fingerprint density at radius 3 is 2.50 bits per heavy atom. The van der Waals surface area contributed by atoms with Crippen molar-refractivity contribution in [1.29, 1.82) is 0 Å². The van der Waals surface area contributed by atoms with Crippen LogP contribution in [0.25, 0.3) is 0 Å². The van der Waals surface area contributed by atoms with Crippen LogP contribution < -0.4 is 4.74 Å². The molecule has 0 radical (unpaired) electrons. The lowest BCUT2D eigenvalue weighted by atomic mass is 10.1. The van der Waals surface area contributed by atoms with Crippen molar-refractivity contribution in [3.05, 3.63) is 29.3 Å². The average molecular weight is 262 g/mol. The summed E-state index contributed by atoms with van der Waals surface area (Å²) in [4.78, 5) is 0. The molecule has 2 nitrogen and oxygen atoms in total. The van der Waals surface area contributed by atoms with Crippen LogP contribution in [0.3, 0.4) is 0 Å². The molecule has 0 fully saturated rings. The number of alkyl halides is 3. The Morgan fingerprint density at radius 2 is 2.00 bits per heavy atom. The summed E-state index contributed by atoms with van der Waals surface area (Å²) in [5, 5.41) is 9.38. The number of ether oxygens (including phenoxy) is 1. The molecular formula is C13H17F3O2. The van der Waals surface area contributed by atoms with E-state index in [0.29, 0.717) is 5.75 Å². The Bertz CT molecular complexity index is 386. The molecule has 0 aliphatic rings. The van der Waals surface area contributed by atoms with Crippen LogP contribution in [-0.2, 0) is 0 Å². The number of halogens is 3. The van der Waals surface area contributed by atoms with Crippen molar-refractivity contribution in [2.45, 2.75) is 39.0 Å². The zero-order valence-electron chi connectivity index (χ0n) is 10.4. The van der Waals surface area contributed by atoms with E-state index in [9.17, 15) is 18.3 Å². The summed E-state index contributed by atoms with van der Waals surface area (Å²) in [5.74, 6) is 0.557. The first kappa shape index (κ1) is 14.8. The van der Waals surface area contributed by atoms with Crippen molar-refractivity contribution in [1.82, 2.24) is 0 Å². The standard InChI is InChI=1S/C13H17F3O2/c1-9-8-11(10(2)17)4-5-12(9)18-7-3-6-13(14,15)16/h4-5,8,10,17H,3,6-7H2,1-2H3. The van der Waals surface area contributed by atoms with Crippen LogP contribution in [0.15, 0.2) is 18.2 Å². The van der Waals surface area contributed by atoms with Crippen molar-refractivity contribution in [2.24, 2.45) is 0 Å². The van der Waals surface area contributed by atoms with Crippen LogP contribution in [0, 0.1) is 6.92 Å². The van der Waals surface area contributed by atoms with Gasteiger partial charge in [0.05, 0.1) is 12.7 Å². The summed E-state index contributed by atoms with van der Waals surface area (Å²) in [7, 11) is 0. The molecule has 1 aromatic carbocycles. The van der Waals surface area contributed by atoms with E-state index in [0.717, 1.165) is 11.1 Å². The Kier molecular flexibility index (Phi) is 5.02. The minimum absolute atomic E-state index is 0.0361. The van der Waals surface area contributed by atoms with Gasteiger partial charge in [0.25, 0.3) is 0 Å². The molecule has 0 saturated carbocycles. The van der Waals surface area contributed by atoms with Gasteiger partial charge in [-0.3, -0.25) is 0 Å². The number of benzene rings is 1. The molecule has 0 aliphatic heterocycles. The van der Waals surface area contributed by atoms with Crippen LogP contribution in [0.4, 0.5) is 13.2 Å². The van der Waals surface area contributed by atoms with Gasteiger partial charge in [0.1, 0.15) is 5.75 Å². The normalized spacial score (nSPS) is 13.4. The first-order valence-electron chi connectivity index (χ1n) is 5.78. The fourth-order valence-electron chi connectivity index (χ4n) is 1.55. The second kappa shape index (κ2) is 6.09. The minimum Gasteiger partial charge on any atom is -0.493 e. The zero-order valence-corrected chi connectivity index (χ0v) is 10.4. The van der Waals surface area contributed by atoms with Gasteiger partial charge in [-0.05, 0) is 43.5 Å². The first-order chi connectivity index (χ1) is 8.29. The molecule has 0 amide bonds. The largest absolute Gasteiger partial charge is 0.493 e. The summed E-state index contributed by atoms with van der Waals surface area (Å²) < 4.78 is 41.0. The Hall–Kier alpha value is -1.23. The van der Waals surface area contributed by atoms with Crippen LogP contribution in [0.1, 0.15) is 37.0 Å². The van der Waals surface area contributed by atoms with Crippen LogP contribution >= 0.6 is 0 Å². The van der Waals surface area contributed by atoms with Crippen molar-refractivity contribution < 1.29 is 23.0 Å². The molecule has 0 aromatic heterocycles. The molecule has 0 spiro atoms. The van der Waals surface area contributed by atoms with E-state index in [2.05, 4.69) is 0 Å². The summed E-state index contributed by atoms with van der Waals surface area (Å²) in [6.07, 6.45) is -5.59. The van der Waals surface area contributed by atoms with Gasteiger partial charge in [-0.15, -0.1) is 0 Å². The van der Waals surface area contributed by atoms with Crippen molar-refractivity contribution in [3.8, 4) is 5.75 Å². The molecule has 0 bridgehead atoms. The summed E-state index contributed by atoms with van der Waals surface area (Å²) >= 11 is 0. The van der Waals surface area contributed by atoms with E-state index in [-0.39, 0.29) is 13.0 Å². The Balaban J connectivity index is 2.48. The summed E-state index contributed by atoms with van der Waals surface area (Å²) in [5.41, 5.74) is 1.57. The fourth-order valence-corrected chi connectivity index (χ4v) is 1.55. The first-order valence-corrected chi connectivity index (χ1v) is 5.78. The third-order valence-electron chi connectivity index (χ3n) is 2.54. The maximum atomic E-state index is 11.9. The van der Waals surface area contributed by atoms with Gasteiger partial charge in [-0.2, -0.15) is 13.2 Å². The monoisotopic (exact) mass is 262 g/mol. The summed E-state index contributed by atoms with van der Waals surface area (Å²) in [6.45, 7) is 3.48. The quantitative estimate of drug-likeness (QED) is 0.818. The molecule has 0 aliphatic carbocycles. The van der Waals surface area contributed by atoms with Crippen LogP contribution in [0.5, 0.6) is 5.75 Å². The van der Waals surface area contributed by atoms with Crippen molar-refractivity contribution in [3.63, 3.8) is 0 Å². The Morgan fingerprint density at radius 1 is 1.33 bits per heavy atom. The molecule has 1 atom stereocenters. The highest BCUT2D eigenvalue weighted by molar-refractivity contribution is 5.36. The SMILES string of the molecule is Cc1cc(C(C)O)ccc1OCCCC(F)(F)F. The Labute approximate surface area is 104 Å². The van der Waals surface area contributed by atoms with Gasteiger partial charge in [0.2, 0.25) is 0 Å². The smallest absolute Gasteiger partial charge is 0.389 e. The molecule has 5 heteroatoms. The highest BCUT2D eigenvalue weighted by Gasteiger charge is 2.26. The van der Waals surface area contributed by atoms with E-state index in [4.69, 9.17) is 4.74 Å². The van der Waals surface area contributed by atoms with Gasteiger partial charge in [0, 0.05) is 6.42 Å². The molecule has 1 rings (SSSR count). The maximum absolute atomic E-state index is 11.9. The van der Waals surface area contributed by atoms with E-state index in [1.165, 1.54) is 0 Å². The third-order valence-corrected chi connectivity index (χ3v) is 2.54. The lowest BCUT2D eigenvalue weighted by molar-refractivity contribution is -0.136. The van der Waals surface area contributed by atoms with Gasteiger partial charge < -0.3 is 9.84 Å². The van der Waals surface area contributed by atoms with Crippen molar-refractivity contribution in [2.75, 3.05) is 6.61 Å². The molecule has 0 saturated heterocycles. The van der Waals surface area contributed by atoms with E-state index in [1.54, 1.807) is 32.0 Å². The zero-order chi connectivity index (χ0) is 13.8. The number of aryl methyl sites for hydroxylation is 1. The predicted molar refractivity (Wildman–Crippen MR) is 62.6 cm³/mol. The van der Waals surface area contributed by atoms with Gasteiger partial charge >= 0.3 is 6.18 Å². The lowest BCUT2D eigenvalue weighted by Gasteiger charge is -2.12. The molecular weight excluding hydrogens is 245 g/mol. The van der Waals surface area contributed by atoms with Crippen LogP contribution in [0.2, 0.25) is 0 Å². The van der Waals surface area contributed by atoms with Crippen molar-refractivity contribution >= 4 is 0 Å². The van der Waals surface area contributed by atoms with Gasteiger partial charge in [-0.25, -0.2) is 0 Å². The topological polar surface area (TPSA) is 29.5 Å². The minimum atomic E-state index is -4.13. The predicted octanol–water partition coefficient (Wildman–Crippen LogP) is 3.77. The number of rotatable bonds is 5. The average Bonchev–Trinajstić information content (AvgIpc) is 2.24. The number of aliphatic hydroxyl groups is 1. The third kappa shape index (κ3) is 4.96. The molecule has 102 valence electrons. The summed E-state index contributed by atoms with van der Waals surface area (Å²) in [6, 6.07) is 5.14. The molecule has 18 heavy (non-hydrogen) atoms. The van der Waals surface area contributed by atoms with Gasteiger partial charge in [-0.1, -0.05) is 6.07 Å². The highest BCUT2D eigenvalue weighted by Crippen LogP contribution is 2.24. The van der Waals surface area contributed by atoms with E-state index < -0.39 is 18.7 Å². The van der Waals surface area contributed by atoms with E-state index >= 15 is 0 Å². The second-order valence-corrected chi connectivity index (χ2v) is 4.27.